The summed E-state index contributed by atoms with van der Waals surface area (Å²) < 4.78 is 38.9. The van der Waals surface area contributed by atoms with Crippen molar-refractivity contribution in [3.63, 3.8) is 0 Å². The highest BCUT2D eigenvalue weighted by Gasteiger charge is 2.27. The van der Waals surface area contributed by atoms with Gasteiger partial charge in [-0.05, 0) is 6.92 Å². The van der Waals surface area contributed by atoms with E-state index in [4.69, 9.17) is 11.0 Å². The molecule has 0 aliphatic heterocycles. The molecule has 0 heterocycles. The summed E-state index contributed by atoms with van der Waals surface area (Å²) in [5, 5.41) is 8.40. The first kappa shape index (κ1) is 12.2. The quantitative estimate of drug-likeness (QED) is 0.687. The Labute approximate surface area is 74.3 Å². The lowest BCUT2D eigenvalue weighted by Crippen LogP contribution is -2.35. The Hall–Kier alpha value is -0.800. The number of halogens is 3. The Morgan fingerprint density at radius 3 is 2.38 bits per heavy atom. The highest BCUT2D eigenvalue weighted by atomic mass is 19.4. The van der Waals surface area contributed by atoms with Crippen LogP contribution in [0.1, 0.15) is 13.3 Å². The Balaban J connectivity index is 3.54. The number of nitrogens with zero attached hydrogens (tertiary/aromatic N) is 1. The molecule has 0 spiro atoms. The van der Waals surface area contributed by atoms with Gasteiger partial charge in [0, 0.05) is 13.0 Å². The zero-order valence-corrected chi connectivity index (χ0v) is 7.19. The van der Waals surface area contributed by atoms with E-state index in [9.17, 15) is 13.2 Å². The van der Waals surface area contributed by atoms with E-state index in [2.05, 4.69) is 4.74 Å². The molecule has 3 nitrogen and oxygen atoms in total. The fourth-order valence-corrected chi connectivity index (χ4v) is 0.528. The van der Waals surface area contributed by atoms with Gasteiger partial charge in [-0.25, -0.2) is 0 Å². The molecule has 0 aromatic rings. The minimum absolute atomic E-state index is 0.0829. The van der Waals surface area contributed by atoms with Crippen molar-refractivity contribution in [1.29, 1.82) is 5.26 Å². The standard InChI is InChI=1S/C7H11F3N2O/c1-6(12,4-11)2-3-13-5-7(8,9)10/h2-3,5,12H2,1H3. The van der Waals surface area contributed by atoms with E-state index in [-0.39, 0.29) is 13.0 Å². The van der Waals surface area contributed by atoms with Crippen molar-refractivity contribution in [2.75, 3.05) is 13.2 Å². The molecule has 0 saturated carbocycles. The summed E-state index contributed by atoms with van der Waals surface area (Å²) in [4.78, 5) is 0. The maximum atomic E-state index is 11.5. The Morgan fingerprint density at radius 1 is 1.46 bits per heavy atom. The molecule has 76 valence electrons. The minimum atomic E-state index is -4.32. The third kappa shape index (κ3) is 7.56. The number of nitrogens with two attached hydrogens (primary N) is 1. The predicted octanol–water partition coefficient (Wildman–Crippen LogP) is 1.20. The van der Waals surface area contributed by atoms with Gasteiger partial charge in [0.25, 0.3) is 0 Å². The van der Waals surface area contributed by atoms with Gasteiger partial charge >= 0.3 is 6.18 Å². The van der Waals surface area contributed by atoms with Crippen LogP contribution >= 0.6 is 0 Å². The molecule has 0 bridgehead atoms. The van der Waals surface area contributed by atoms with Gasteiger partial charge < -0.3 is 10.5 Å². The average molecular weight is 196 g/mol. The van der Waals surface area contributed by atoms with Crippen LogP contribution in [0.4, 0.5) is 13.2 Å². The molecule has 0 aromatic carbocycles. The summed E-state index contributed by atoms with van der Waals surface area (Å²) in [5.74, 6) is 0. The molecule has 13 heavy (non-hydrogen) atoms. The predicted molar refractivity (Wildman–Crippen MR) is 39.7 cm³/mol. The smallest absolute Gasteiger partial charge is 0.372 e. The van der Waals surface area contributed by atoms with Crippen molar-refractivity contribution in [2.45, 2.75) is 25.1 Å². The van der Waals surface area contributed by atoms with Crippen LogP contribution in [0, 0.1) is 11.3 Å². The summed E-state index contributed by atoms with van der Waals surface area (Å²) >= 11 is 0. The van der Waals surface area contributed by atoms with Gasteiger partial charge in [0.1, 0.15) is 12.1 Å². The van der Waals surface area contributed by atoms with E-state index in [1.165, 1.54) is 6.92 Å². The van der Waals surface area contributed by atoms with E-state index >= 15 is 0 Å². The van der Waals surface area contributed by atoms with Gasteiger partial charge in [0.05, 0.1) is 6.07 Å². The van der Waals surface area contributed by atoms with Crippen molar-refractivity contribution in [1.82, 2.24) is 0 Å². The van der Waals surface area contributed by atoms with Crippen LogP contribution in [-0.4, -0.2) is 24.9 Å². The van der Waals surface area contributed by atoms with Gasteiger partial charge in [0.2, 0.25) is 0 Å². The normalized spacial score (nSPS) is 16.3. The van der Waals surface area contributed by atoms with Crippen LogP contribution in [0.15, 0.2) is 0 Å². The average Bonchev–Trinajstić information content (AvgIpc) is 1.97. The molecule has 0 rings (SSSR count). The van der Waals surface area contributed by atoms with Crippen LogP contribution in [0.25, 0.3) is 0 Å². The van der Waals surface area contributed by atoms with E-state index in [1.807, 2.05) is 0 Å². The number of hydrogen-bond acceptors (Lipinski definition) is 3. The van der Waals surface area contributed by atoms with E-state index in [0.29, 0.717) is 0 Å². The monoisotopic (exact) mass is 196 g/mol. The second-order valence-corrected chi connectivity index (χ2v) is 2.95. The van der Waals surface area contributed by atoms with Crippen LogP contribution in [0.2, 0.25) is 0 Å². The third-order valence-electron chi connectivity index (χ3n) is 1.29. The van der Waals surface area contributed by atoms with E-state index < -0.39 is 18.3 Å². The first-order valence-electron chi connectivity index (χ1n) is 3.61. The SMILES string of the molecule is CC(N)(C#N)CCOCC(F)(F)F. The second-order valence-electron chi connectivity index (χ2n) is 2.95. The summed E-state index contributed by atoms with van der Waals surface area (Å²) in [7, 11) is 0. The number of alkyl halides is 3. The van der Waals surface area contributed by atoms with Crippen LogP contribution in [0.3, 0.4) is 0 Å². The van der Waals surface area contributed by atoms with Gasteiger partial charge in [-0.2, -0.15) is 18.4 Å². The molecule has 0 aliphatic rings. The lowest BCUT2D eigenvalue weighted by molar-refractivity contribution is -0.174. The van der Waals surface area contributed by atoms with Gasteiger partial charge in [0.15, 0.2) is 0 Å². The van der Waals surface area contributed by atoms with Crippen LogP contribution in [-0.2, 0) is 4.74 Å². The lowest BCUT2D eigenvalue weighted by atomic mass is 10.0. The van der Waals surface area contributed by atoms with Crippen molar-refractivity contribution in [3.05, 3.63) is 0 Å². The molecular weight excluding hydrogens is 185 g/mol. The molecule has 0 amide bonds. The Kier molecular flexibility index (Phi) is 4.17. The zero-order chi connectivity index (χ0) is 10.5. The number of rotatable bonds is 4. The second kappa shape index (κ2) is 4.44. The molecule has 0 saturated heterocycles. The van der Waals surface area contributed by atoms with E-state index in [0.717, 1.165) is 0 Å². The van der Waals surface area contributed by atoms with Crippen molar-refractivity contribution in [2.24, 2.45) is 5.73 Å². The lowest BCUT2D eigenvalue weighted by Gasteiger charge is -2.15. The van der Waals surface area contributed by atoms with E-state index in [1.54, 1.807) is 6.07 Å². The van der Waals surface area contributed by atoms with Crippen LogP contribution < -0.4 is 5.73 Å². The molecule has 2 N–H and O–H groups in total. The highest BCUT2D eigenvalue weighted by Crippen LogP contribution is 2.15. The van der Waals surface area contributed by atoms with Gasteiger partial charge in [-0.15, -0.1) is 0 Å². The Morgan fingerprint density at radius 2 is 2.00 bits per heavy atom. The topological polar surface area (TPSA) is 59.0 Å². The summed E-state index contributed by atoms with van der Waals surface area (Å²) in [6.07, 6.45) is -4.24. The van der Waals surface area contributed by atoms with Crippen molar-refractivity contribution in [3.8, 4) is 6.07 Å². The first-order chi connectivity index (χ1) is 5.77. The van der Waals surface area contributed by atoms with Crippen LogP contribution in [0.5, 0.6) is 0 Å². The first-order valence-corrected chi connectivity index (χ1v) is 3.61. The molecular formula is C7H11F3N2O. The molecule has 0 fully saturated rings. The summed E-state index contributed by atoms with van der Waals surface area (Å²) in [5.41, 5.74) is 4.22. The maximum absolute atomic E-state index is 11.5. The number of hydrogen-bond donors (Lipinski definition) is 1. The fourth-order valence-electron chi connectivity index (χ4n) is 0.528. The third-order valence-corrected chi connectivity index (χ3v) is 1.29. The van der Waals surface area contributed by atoms with Gasteiger partial charge in [-0.3, -0.25) is 0 Å². The molecule has 1 unspecified atom stereocenters. The molecule has 0 radical (unpaired) electrons. The minimum Gasteiger partial charge on any atom is -0.372 e. The molecule has 6 heteroatoms. The molecule has 0 aliphatic carbocycles. The summed E-state index contributed by atoms with van der Waals surface area (Å²) in [6, 6.07) is 1.76. The van der Waals surface area contributed by atoms with Crippen molar-refractivity contribution >= 4 is 0 Å². The fraction of sp³-hybridized carbons (Fsp3) is 0.857. The molecule has 1 atom stereocenters. The number of nitriles is 1. The van der Waals surface area contributed by atoms with Crippen molar-refractivity contribution < 1.29 is 17.9 Å². The largest absolute Gasteiger partial charge is 0.411 e. The van der Waals surface area contributed by atoms with Gasteiger partial charge in [-0.1, -0.05) is 0 Å². The maximum Gasteiger partial charge on any atom is 0.411 e. The summed E-state index contributed by atoms with van der Waals surface area (Å²) in [6.45, 7) is -0.0292. The molecule has 0 aromatic heterocycles. The zero-order valence-electron chi connectivity index (χ0n) is 7.19. The highest BCUT2D eigenvalue weighted by molar-refractivity contribution is 5.00. The Bertz CT molecular complexity index is 195. The number of ether oxygens (including phenoxy) is 1.